The zero-order valence-corrected chi connectivity index (χ0v) is 9.66. The van der Waals surface area contributed by atoms with Crippen LogP contribution in [0.15, 0.2) is 30.3 Å². The zero-order chi connectivity index (χ0) is 10.0. The van der Waals surface area contributed by atoms with E-state index in [0.717, 1.165) is 17.1 Å². The molecule has 0 amide bonds. The van der Waals surface area contributed by atoms with Gasteiger partial charge in [0.05, 0.1) is 0 Å². The maximum atomic E-state index is 12.1. The van der Waals surface area contributed by atoms with E-state index >= 15 is 0 Å². The highest BCUT2D eigenvalue weighted by Crippen LogP contribution is 2.45. The summed E-state index contributed by atoms with van der Waals surface area (Å²) >= 11 is 3.52. The van der Waals surface area contributed by atoms with E-state index in [0.29, 0.717) is 0 Å². The van der Waals surface area contributed by atoms with Crippen LogP contribution in [0.1, 0.15) is 17.3 Å². The Morgan fingerprint density at radius 3 is 2.36 bits per heavy atom. The summed E-state index contributed by atoms with van der Waals surface area (Å²) in [5.41, 5.74) is 0.830. The monoisotopic (exact) mass is 224 g/mol. The highest BCUT2D eigenvalue weighted by atomic mass is 32.2. The summed E-state index contributed by atoms with van der Waals surface area (Å²) in [4.78, 5) is 12.1. The molecule has 74 valence electrons. The van der Waals surface area contributed by atoms with Gasteiger partial charge in [-0.15, -0.1) is 23.5 Å². The fourth-order valence-electron chi connectivity index (χ4n) is 1.50. The molecular weight excluding hydrogens is 212 g/mol. The van der Waals surface area contributed by atoms with E-state index in [2.05, 4.69) is 0 Å². The summed E-state index contributed by atoms with van der Waals surface area (Å²) in [7, 11) is 0. The fraction of sp³-hybridized carbons (Fsp3) is 0.364. The van der Waals surface area contributed by atoms with Gasteiger partial charge in [-0.25, -0.2) is 0 Å². The van der Waals surface area contributed by atoms with E-state index in [4.69, 9.17) is 0 Å². The number of carbonyl (C=O) groups is 1. The lowest BCUT2D eigenvalue weighted by Gasteiger charge is -2.19. The molecule has 0 bridgehead atoms. The number of carbonyl (C=O) groups excluding carboxylic acids is 1. The molecule has 14 heavy (non-hydrogen) atoms. The van der Waals surface area contributed by atoms with Crippen LogP contribution in [0.5, 0.6) is 0 Å². The molecule has 1 aromatic carbocycles. The molecule has 1 aliphatic heterocycles. The second kappa shape index (κ2) is 3.99. The molecule has 1 aliphatic rings. The quantitative estimate of drug-likeness (QED) is 0.719. The molecule has 0 unspecified atom stereocenters. The van der Waals surface area contributed by atoms with Crippen molar-refractivity contribution in [2.75, 3.05) is 11.5 Å². The minimum Gasteiger partial charge on any atom is -0.292 e. The first-order valence-electron chi connectivity index (χ1n) is 4.60. The third kappa shape index (κ3) is 1.84. The van der Waals surface area contributed by atoms with Crippen molar-refractivity contribution in [2.45, 2.75) is 11.0 Å². The maximum absolute atomic E-state index is 12.1. The number of Topliss-reactive ketones (excluding diaryl/α,β-unsaturated/α-hetero) is 1. The second-order valence-corrected chi connectivity index (χ2v) is 6.62. The minimum atomic E-state index is -0.249. The maximum Gasteiger partial charge on any atom is 0.188 e. The molecule has 0 N–H and O–H groups in total. The molecule has 1 aromatic rings. The van der Waals surface area contributed by atoms with Crippen LogP contribution >= 0.6 is 23.5 Å². The summed E-state index contributed by atoms with van der Waals surface area (Å²) in [6, 6.07) is 9.57. The fourth-order valence-corrected chi connectivity index (χ4v) is 4.27. The van der Waals surface area contributed by atoms with Gasteiger partial charge < -0.3 is 0 Å². The number of hydrogen-bond donors (Lipinski definition) is 0. The van der Waals surface area contributed by atoms with Gasteiger partial charge in [0, 0.05) is 17.1 Å². The summed E-state index contributed by atoms with van der Waals surface area (Å²) in [5.74, 6) is 2.42. The Morgan fingerprint density at radius 2 is 1.79 bits per heavy atom. The Balaban J connectivity index is 2.24. The molecular formula is C11H12OS2. The number of thioether (sulfide) groups is 2. The molecule has 0 aliphatic carbocycles. The molecule has 0 radical (unpaired) electrons. The van der Waals surface area contributed by atoms with Crippen molar-refractivity contribution >= 4 is 29.3 Å². The van der Waals surface area contributed by atoms with Crippen LogP contribution < -0.4 is 0 Å². The van der Waals surface area contributed by atoms with Crippen molar-refractivity contribution in [3.63, 3.8) is 0 Å². The number of ketones is 1. The lowest BCUT2D eigenvalue weighted by atomic mass is 10.1. The van der Waals surface area contributed by atoms with Crippen molar-refractivity contribution in [2.24, 2.45) is 0 Å². The number of hydrogen-bond acceptors (Lipinski definition) is 3. The first kappa shape index (κ1) is 10.1. The second-order valence-electron chi connectivity index (χ2n) is 3.34. The average Bonchev–Trinajstić information content (AvgIpc) is 2.67. The van der Waals surface area contributed by atoms with Gasteiger partial charge in [-0.05, 0) is 6.92 Å². The van der Waals surface area contributed by atoms with Crippen molar-refractivity contribution in [1.82, 2.24) is 0 Å². The van der Waals surface area contributed by atoms with Crippen LogP contribution in [-0.2, 0) is 0 Å². The molecule has 3 heteroatoms. The third-order valence-electron chi connectivity index (χ3n) is 2.29. The molecule has 1 heterocycles. The van der Waals surface area contributed by atoms with Crippen molar-refractivity contribution in [3.05, 3.63) is 35.9 Å². The van der Waals surface area contributed by atoms with Gasteiger partial charge >= 0.3 is 0 Å². The SMILES string of the molecule is CC1(C(=O)c2ccccc2)SCCS1. The molecule has 1 nitrogen and oxygen atoms in total. The molecule has 0 aromatic heterocycles. The van der Waals surface area contributed by atoms with Gasteiger partial charge in [0.1, 0.15) is 4.08 Å². The van der Waals surface area contributed by atoms with Crippen LogP contribution in [0.2, 0.25) is 0 Å². The van der Waals surface area contributed by atoms with E-state index in [1.807, 2.05) is 37.3 Å². The predicted molar refractivity (Wildman–Crippen MR) is 64.1 cm³/mol. The van der Waals surface area contributed by atoms with E-state index in [9.17, 15) is 4.79 Å². The molecule has 0 atom stereocenters. The lowest BCUT2D eigenvalue weighted by Crippen LogP contribution is -2.25. The van der Waals surface area contributed by atoms with Crippen LogP contribution in [0.4, 0.5) is 0 Å². The molecule has 1 fully saturated rings. The van der Waals surface area contributed by atoms with Crippen LogP contribution in [0.25, 0.3) is 0 Å². The third-order valence-corrected chi connectivity index (χ3v) is 5.54. The van der Waals surface area contributed by atoms with Crippen LogP contribution in [0.3, 0.4) is 0 Å². The lowest BCUT2D eigenvalue weighted by molar-refractivity contribution is 0.0984. The van der Waals surface area contributed by atoms with E-state index in [1.54, 1.807) is 23.5 Å². The highest BCUT2D eigenvalue weighted by Gasteiger charge is 2.38. The number of rotatable bonds is 2. The van der Waals surface area contributed by atoms with Gasteiger partial charge in [0.15, 0.2) is 5.78 Å². The Hall–Kier alpha value is -0.410. The zero-order valence-electron chi connectivity index (χ0n) is 8.03. The van der Waals surface area contributed by atoms with E-state index < -0.39 is 0 Å². The molecule has 0 spiro atoms. The van der Waals surface area contributed by atoms with Gasteiger partial charge in [-0.3, -0.25) is 4.79 Å². The largest absolute Gasteiger partial charge is 0.292 e. The normalized spacial score (nSPS) is 19.5. The van der Waals surface area contributed by atoms with E-state index in [1.165, 1.54) is 0 Å². The summed E-state index contributed by atoms with van der Waals surface area (Å²) in [6.07, 6.45) is 0. The molecule has 1 saturated heterocycles. The van der Waals surface area contributed by atoms with Gasteiger partial charge in [0.25, 0.3) is 0 Å². The average molecular weight is 224 g/mol. The molecule has 0 saturated carbocycles. The number of benzene rings is 1. The topological polar surface area (TPSA) is 17.1 Å². The highest BCUT2D eigenvalue weighted by molar-refractivity contribution is 8.22. The van der Waals surface area contributed by atoms with E-state index in [-0.39, 0.29) is 9.86 Å². The van der Waals surface area contributed by atoms with Gasteiger partial charge in [-0.2, -0.15) is 0 Å². The van der Waals surface area contributed by atoms with Gasteiger partial charge in [0.2, 0.25) is 0 Å². The first-order chi connectivity index (χ1) is 6.72. The Morgan fingerprint density at radius 1 is 1.21 bits per heavy atom. The minimum absolute atomic E-state index is 0.249. The van der Waals surface area contributed by atoms with Crippen LogP contribution in [0, 0.1) is 0 Å². The predicted octanol–water partition coefficient (Wildman–Crippen LogP) is 3.07. The van der Waals surface area contributed by atoms with Gasteiger partial charge in [-0.1, -0.05) is 30.3 Å². The Labute approximate surface area is 92.7 Å². The Kier molecular flexibility index (Phi) is 2.88. The van der Waals surface area contributed by atoms with Crippen LogP contribution in [-0.4, -0.2) is 21.4 Å². The standard InChI is InChI=1S/C11H12OS2/c1-11(13-7-8-14-11)10(12)9-5-3-2-4-6-9/h2-6H,7-8H2,1H3. The van der Waals surface area contributed by atoms with Crippen molar-refractivity contribution < 1.29 is 4.79 Å². The smallest absolute Gasteiger partial charge is 0.188 e. The van der Waals surface area contributed by atoms with Crippen molar-refractivity contribution in [3.8, 4) is 0 Å². The Bertz CT molecular complexity index is 328. The summed E-state index contributed by atoms with van der Waals surface area (Å²) < 4.78 is -0.249. The first-order valence-corrected chi connectivity index (χ1v) is 6.57. The summed E-state index contributed by atoms with van der Waals surface area (Å²) in [5, 5.41) is 0. The summed E-state index contributed by atoms with van der Waals surface area (Å²) in [6.45, 7) is 2.03. The molecule has 2 rings (SSSR count). The van der Waals surface area contributed by atoms with Crippen molar-refractivity contribution in [1.29, 1.82) is 0 Å².